The smallest absolute Gasteiger partial charge is 0.273 e. The third-order valence-corrected chi connectivity index (χ3v) is 2.47. The lowest BCUT2D eigenvalue weighted by molar-refractivity contribution is -0.385. The Bertz CT molecular complexity index is 396. The molecule has 15 heavy (non-hydrogen) atoms. The average Bonchev–Trinajstić information content (AvgIpc) is 2.09. The van der Waals surface area contributed by atoms with E-state index < -0.39 is 10.7 Å². The highest BCUT2D eigenvalue weighted by atomic mass is 79.9. The quantitative estimate of drug-likeness (QED) is 0.681. The predicted molar refractivity (Wildman–Crippen MR) is 58.1 cm³/mol. The van der Waals surface area contributed by atoms with Gasteiger partial charge in [-0.15, -0.1) is 0 Å². The zero-order chi connectivity index (χ0) is 11.6. The highest BCUT2D eigenvalue weighted by molar-refractivity contribution is 9.10. The molecule has 2 N–H and O–H groups in total. The van der Waals surface area contributed by atoms with Crippen molar-refractivity contribution in [1.82, 2.24) is 0 Å². The zero-order valence-electron chi connectivity index (χ0n) is 8.04. The van der Waals surface area contributed by atoms with Gasteiger partial charge >= 0.3 is 0 Å². The topological polar surface area (TPSA) is 69.2 Å². The molecule has 1 aromatic rings. The summed E-state index contributed by atoms with van der Waals surface area (Å²) in [6, 6.07) is 2.06. The first-order chi connectivity index (χ1) is 6.91. The molecule has 0 aromatic heterocycles. The fourth-order valence-electron chi connectivity index (χ4n) is 1.26. The summed E-state index contributed by atoms with van der Waals surface area (Å²) in [6.07, 6.45) is 0.278. The molecule has 82 valence electrons. The van der Waals surface area contributed by atoms with Crippen molar-refractivity contribution in [1.29, 1.82) is 0 Å². The van der Waals surface area contributed by atoms with Crippen LogP contribution in [0.1, 0.15) is 12.5 Å². The second kappa shape index (κ2) is 4.67. The third kappa shape index (κ3) is 2.97. The van der Waals surface area contributed by atoms with E-state index in [4.69, 9.17) is 5.73 Å². The van der Waals surface area contributed by atoms with Crippen molar-refractivity contribution in [2.75, 3.05) is 0 Å². The molecule has 0 heterocycles. The Labute approximate surface area is 94.6 Å². The Morgan fingerprint density at radius 1 is 1.67 bits per heavy atom. The predicted octanol–water partition coefficient (Wildman–Crippen LogP) is 2.39. The van der Waals surface area contributed by atoms with Crippen LogP contribution in [0.3, 0.4) is 0 Å². The molecule has 0 amide bonds. The molecule has 0 radical (unpaired) electrons. The largest absolute Gasteiger partial charge is 0.328 e. The van der Waals surface area contributed by atoms with Gasteiger partial charge in [0.2, 0.25) is 0 Å². The molecule has 0 bridgehead atoms. The lowest BCUT2D eigenvalue weighted by Crippen LogP contribution is -2.18. The Balaban J connectivity index is 3.22. The van der Waals surface area contributed by atoms with E-state index in [9.17, 15) is 14.5 Å². The van der Waals surface area contributed by atoms with Gasteiger partial charge in [0, 0.05) is 17.7 Å². The number of nitrogens with two attached hydrogens (primary N) is 1. The van der Waals surface area contributed by atoms with Gasteiger partial charge in [0.25, 0.3) is 5.69 Å². The number of halogens is 2. The van der Waals surface area contributed by atoms with Gasteiger partial charge < -0.3 is 5.73 Å². The maximum Gasteiger partial charge on any atom is 0.273 e. The van der Waals surface area contributed by atoms with Crippen molar-refractivity contribution in [3.8, 4) is 0 Å². The van der Waals surface area contributed by atoms with E-state index in [1.54, 1.807) is 6.92 Å². The summed E-state index contributed by atoms with van der Waals surface area (Å²) in [4.78, 5) is 10.1. The van der Waals surface area contributed by atoms with Crippen molar-refractivity contribution >= 4 is 21.6 Å². The maximum atomic E-state index is 13.2. The summed E-state index contributed by atoms with van der Waals surface area (Å²) in [5.74, 6) is -0.517. The van der Waals surface area contributed by atoms with E-state index >= 15 is 0 Å². The van der Waals surface area contributed by atoms with Crippen molar-refractivity contribution in [2.24, 2.45) is 5.73 Å². The molecule has 0 saturated carbocycles. The number of nitrogens with zero attached hydrogens (tertiary/aromatic N) is 1. The lowest BCUT2D eigenvalue weighted by atomic mass is 10.1. The van der Waals surface area contributed by atoms with Crippen LogP contribution in [0, 0.1) is 15.9 Å². The van der Waals surface area contributed by atoms with Crippen LogP contribution in [0.4, 0.5) is 10.1 Å². The van der Waals surface area contributed by atoms with E-state index in [-0.39, 0.29) is 22.6 Å². The fraction of sp³-hybridized carbons (Fsp3) is 0.333. The third-order valence-electron chi connectivity index (χ3n) is 1.86. The minimum absolute atomic E-state index is 0.0858. The van der Waals surface area contributed by atoms with E-state index in [1.807, 2.05) is 0 Å². The Kier molecular flexibility index (Phi) is 3.76. The molecule has 0 fully saturated rings. The van der Waals surface area contributed by atoms with Crippen LogP contribution in [-0.4, -0.2) is 11.0 Å². The molecule has 0 saturated heterocycles. The molecule has 0 aliphatic rings. The number of nitro groups is 1. The van der Waals surface area contributed by atoms with E-state index in [0.29, 0.717) is 5.56 Å². The minimum Gasteiger partial charge on any atom is -0.328 e. The van der Waals surface area contributed by atoms with Crippen LogP contribution in [0.2, 0.25) is 0 Å². The van der Waals surface area contributed by atoms with E-state index in [1.165, 1.54) is 0 Å². The van der Waals surface area contributed by atoms with Crippen LogP contribution in [0.15, 0.2) is 16.6 Å². The van der Waals surface area contributed by atoms with Gasteiger partial charge in [-0.25, -0.2) is 4.39 Å². The molecule has 1 atom stereocenters. The van der Waals surface area contributed by atoms with Crippen molar-refractivity contribution in [3.63, 3.8) is 0 Å². The highest BCUT2D eigenvalue weighted by Crippen LogP contribution is 2.27. The van der Waals surface area contributed by atoms with E-state index in [2.05, 4.69) is 15.9 Å². The van der Waals surface area contributed by atoms with Crippen LogP contribution < -0.4 is 5.73 Å². The van der Waals surface area contributed by atoms with Gasteiger partial charge in [0.05, 0.1) is 9.40 Å². The molecular formula is C9H10BrFN2O2. The second-order valence-corrected chi connectivity index (χ2v) is 4.19. The normalized spacial score (nSPS) is 12.5. The standard InChI is InChI=1S/C9H10BrFN2O2/c1-5(12)2-6-3-8(11)7(10)4-9(6)13(14)15/h3-5H,2,12H2,1H3. The lowest BCUT2D eigenvalue weighted by Gasteiger charge is -2.06. The monoisotopic (exact) mass is 276 g/mol. The summed E-state index contributed by atoms with van der Waals surface area (Å²) < 4.78 is 13.2. The van der Waals surface area contributed by atoms with Crippen LogP contribution in [0.5, 0.6) is 0 Å². The van der Waals surface area contributed by atoms with Gasteiger partial charge in [-0.05, 0) is 35.3 Å². The number of hydrogen-bond donors (Lipinski definition) is 1. The SMILES string of the molecule is CC(N)Cc1cc(F)c(Br)cc1[N+](=O)[O-]. The zero-order valence-corrected chi connectivity index (χ0v) is 9.62. The molecule has 0 aliphatic carbocycles. The van der Waals surface area contributed by atoms with Crippen LogP contribution >= 0.6 is 15.9 Å². The van der Waals surface area contributed by atoms with Crippen molar-refractivity contribution in [2.45, 2.75) is 19.4 Å². The summed E-state index contributed by atoms with van der Waals surface area (Å²) in [5.41, 5.74) is 5.73. The van der Waals surface area contributed by atoms with Crippen LogP contribution in [0.25, 0.3) is 0 Å². The van der Waals surface area contributed by atoms with Crippen molar-refractivity contribution < 1.29 is 9.31 Å². The molecule has 0 spiro atoms. The Morgan fingerprint density at radius 2 is 2.27 bits per heavy atom. The van der Waals surface area contributed by atoms with Gasteiger partial charge in [0.1, 0.15) is 5.82 Å². The average molecular weight is 277 g/mol. The Morgan fingerprint density at radius 3 is 2.73 bits per heavy atom. The van der Waals surface area contributed by atoms with Gasteiger partial charge in [0.15, 0.2) is 0 Å². The Hall–Kier alpha value is -1.01. The molecule has 1 aromatic carbocycles. The molecule has 1 rings (SSSR count). The highest BCUT2D eigenvalue weighted by Gasteiger charge is 2.18. The fourth-order valence-corrected chi connectivity index (χ4v) is 1.59. The first kappa shape index (κ1) is 12.1. The van der Waals surface area contributed by atoms with Crippen LogP contribution in [-0.2, 0) is 6.42 Å². The second-order valence-electron chi connectivity index (χ2n) is 3.33. The summed E-state index contributed by atoms with van der Waals surface area (Å²) in [7, 11) is 0. The summed E-state index contributed by atoms with van der Waals surface area (Å²) >= 11 is 2.90. The first-order valence-electron chi connectivity index (χ1n) is 4.29. The molecule has 6 heteroatoms. The number of nitro benzene ring substituents is 1. The number of rotatable bonds is 3. The summed E-state index contributed by atoms with van der Waals surface area (Å²) in [6.45, 7) is 1.71. The van der Waals surface area contributed by atoms with E-state index in [0.717, 1.165) is 12.1 Å². The van der Waals surface area contributed by atoms with Gasteiger partial charge in [-0.1, -0.05) is 0 Å². The van der Waals surface area contributed by atoms with Gasteiger partial charge in [-0.2, -0.15) is 0 Å². The molecule has 1 unspecified atom stereocenters. The number of hydrogen-bond acceptors (Lipinski definition) is 3. The first-order valence-corrected chi connectivity index (χ1v) is 5.09. The van der Waals surface area contributed by atoms with Crippen molar-refractivity contribution in [3.05, 3.63) is 38.1 Å². The molecule has 4 nitrogen and oxygen atoms in total. The van der Waals surface area contributed by atoms with Gasteiger partial charge in [-0.3, -0.25) is 10.1 Å². The maximum absolute atomic E-state index is 13.2. The minimum atomic E-state index is -0.540. The number of benzene rings is 1. The molecule has 0 aliphatic heterocycles. The molecular weight excluding hydrogens is 267 g/mol. The summed E-state index contributed by atoms with van der Waals surface area (Å²) in [5, 5.41) is 10.7.